The van der Waals surface area contributed by atoms with Gasteiger partial charge in [-0.1, -0.05) is 340 Å². The fourth-order valence-corrected chi connectivity index (χ4v) is 10.9. The zero-order chi connectivity index (χ0) is 55.0. The maximum Gasteiger partial charge on any atom is 0.305 e. The van der Waals surface area contributed by atoms with Crippen LogP contribution in [0.5, 0.6) is 0 Å². The molecule has 6 nitrogen and oxygen atoms in total. The predicted molar refractivity (Wildman–Crippen MR) is 333 cm³/mol. The molecule has 0 spiro atoms. The van der Waals surface area contributed by atoms with Crippen molar-refractivity contribution in [3.8, 4) is 0 Å². The molecule has 0 aromatic carbocycles. The number of hydrogen-bond acceptors (Lipinski definition) is 5. The third kappa shape index (κ3) is 61.6. The number of carbonyl (C=O) groups is 2. The molecule has 0 aromatic rings. The molecular formula is C70H135NO5. The molecule has 0 saturated carbocycles. The lowest BCUT2D eigenvalue weighted by Crippen LogP contribution is -2.45. The van der Waals surface area contributed by atoms with Crippen LogP contribution in [0.1, 0.15) is 386 Å². The van der Waals surface area contributed by atoms with Gasteiger partial charge < -0.3 is 20.3 Å². The summed E-state index contributed by atoms with van der Waals surface area (Å²) >= 11 is 0. The molecule has 0 radical (unpaired) electrons. The van der Waals surface area contributed by atoms with Gasteiger partial charge in [-0.05, 0) is 57.8 Å². The quantitative estimate of drug-likeness (QED) is 0.0320. The van der Waals surface area contributed by atoms with E-state index in [-0.39, 0.29) is 18.5 Å². The topological polar surface area (TPSA) is 95.9 Å². The van der Waals surface area contributed by atoms with E-state index in [1.54, 1.807) is 6.08 Å². The lowest BCUT2D eigenvalue weighted by molar-refractivity contribution is -0.143. The van der Waals surface area contributed by atoms with Crippen molar-refractivity contribution in [1.29, 1.82) is 0 Å². The van der Waals surface area contributed by atoms with E-state index in [1.807, 2.05) is 6.08 Å². The van der Waals surface area contributed by atoms with Gasteiger partial charge >= 0.3 is 5.97 Å². The molecule has 2 unspecified atom stereocenters. The Morgan fingerprint density at radius 1 is 0.355 bits per heavy atom. The lowest BCUT2D eigenvalue weighted by Gasteiger charge is -2.20. The molecular weight excluding hydrogens is 935 g/mol. The van der Waals surface area contributed by atoms with Crippen molar-refractivity contribution < 1.29 is 24.5 Å². The van der Waals surface area contributed by atoms with Crippen LogP contribution in [-0.2, 0) is 14.3 Å². The molecule has 6 heteroatoms. The van der Waals surface area contributed by atoms with Crippen LogP contribution in [0.3, 0.4) is 0 Å². The van der Waals surface area contributed by atoms with Gasteiger partial charge in [0.2, 0.25) is 5.91 Å². The van der Waals surface area contributed by atoms with E-state index in [4.69, 9.17) is 4.74 Å². The number of nitrogens with one attached hydrogen (secondary N) is 1. The monoisotopic (exact) mass is 1070 g/mol. The molecule has 1 amide bonds. The van der Waals surface area contributed by atoms with Crippen molar-refractivity contribution >= 4 is 11.9 Å². The molecule has 450 valence electrons. The summed E-state index contributed by atoms with van der Waals surface area (Å²) in [5, 5.41) is 23.2. The average Bonchev–Trinajstić information content (AvgIpc) is 3.42. The number of carbonyl (C=O) groups excluding carboxylic acids is 2. The van der Waals surface area contributed by atoms with Crippen LogP contribution < -0.4 is 5.32 Å². The Hall–Kier alpha value is -1.66. The number of unbranched alkanes of at least 4 members (excludes halogenated alkanes) is 52. The molecule has 0 fully saturated rings. The third-order valence-corrected chi connectivity index (χ3v) is 16.2. The van der Waals surface area contributed by atoms with Gasteiger partial charge in [0.05, 0.1) is 25.4 Å². The number of aliphatic hydroxyl groups is 2. The Kier molecular flexibility index (Phi) is 64.4. The number of ether oxygens (including phenoxy) is 1. The minimum absolute atomic E-state index is 0.0104. The van der Waals surface area contributed by atoms with Crippen molar-refractivity contribution in [2.24, 2.45) is 0 Å². The van der Waals surface area contributed by atoms with Gasteiger partial charge in [0.1, 0.15) is 0 Å². The highest BCUT2D eigenvalue weighted by Crippen LogP contribution is 2.19. The van der Waals surface area contributed by atoms with Gasteiger partial charge in [-0.2, -0.15) is 0 Å². The smallest absolute Gasteiger partial charge is 0.305 e. The summed E-state index contributed by atoms with van der Waals surface area (Å²) in [7, 11) is 0. The fourth-order valence-electron chi connectivity index (χ4n) is 10.9. The summed E-state index contributed by atoms with van der Waals surface area (Å²) in [6, 6.07) is -0.625. The second-order valence-corrected chi connectivity index (χ2v) is 23.9. The van der Waals surface area contributed by atoms with Gasteiger partial charge in [0.15, 0.2) is 0 Å². The first-order valence-corrected chi connectivity index (χ1v) is 34.6. The molecule has 76 heavy (non-hydrogen) atoms. The van der Waals surface area contributed by atoms with Crippen molar-refractivity contribution in [2.75, 3.05) is 13.2 Å². The first-order chi connectivity index (χ1) is 37.5. The molecule has 0 saturated heterocycles. The minimum atomic E-state index is -0.842. The predicted octanol–water partition coefficient (Wildman–Crippen LogP) is 22.1. The van der Waals surface area contributed by atoms with E-state index < -0.39 is 12.1 Å². The Balaban J connectivity index is 3.36. The van der Waals surface area contributed by atoms with Crippen molar-refractivity contribution in [1.82, 2.24) is 5.32 Å². The van der Waals surface area contributed by atoms with E-state index in [1.165, 1.54) is 315 Å². The molecule has 0 rings (SSSR count). The van der Waals surface area contributed by atoms with E-state index in [9.17, 15) is 19.8 Å². The Labute approximate surface area is 475 Å². The number of aliphatic hydroxyl groups excluding tert-OH is 2. The normalized spacial score (nSPS) is 12.6. The number of rotatable bonds is 65. The number of esters is 1. The van der Waals surface area contributed by atoms with Gasteiger partial charge in [-0.3, -0.25) is 9.59 Å². The Bertz CT molecular complexity index is 1190. The first kappa shape index (κ1) is 74.3. The van der Waals surface area contributed by atoms with Crippen LogP contribution in [0, 0.1) is 0 Å². The highest BCUT2D eigenvalue weighted by molar-refractivity contribution is 5.76. The van der Waals surface area contributed by atoms with Crippen LogP contribution in [0.25, 0.3) is 0 Å². The summed E-state index contributed by atoms with van der Waals surface area (Å²) in [6.45, 7) is 4.92. The van der Waals surface area contributed by atoms with Crippen LogP contribution in [0.4, 0.5) is 0 Å². The molecule has 0 aliphatic rings. The largest absolute Gasteiger partial charge is 0.466 e. The molecule has 0 aliphatic heterocycles. The van der Waals surface area contributed by atoms with Crippen LogP contribution in [-0.4, -0.2) is 47.4 Å². The van der Waals surface area contributed by atoms with Crippen molar-refractivity contribution in [2.45, 2.75) is 398 Å². The molecule has 2 atom stereocenters. The van der Waals surface area contributed by atoms with Crippen LogP contribution in [0.15, 0.2) is 24.3 Å². The first-order valence-electron chi connectivity index (χ1n) is 34.6. The van der Waals surface area contributed by atoms with Crippen LogP contribution >= 0.6 is 0 Å². The summed E-state index contributed by atoms with van der Waals surface area (Å²) < 4.78 is 5.48. The second-order valence-electron chi connectivity index (χ2n) is 23.9. The Morgan fingerprint density at radius 3 is 0.947 bits per heavy atom. The van der Waals surface area contributed by atoms with E-state index in [2.05, 4.69) is 31.3 Å². The fraction of sp³-hybridized carbons (Fsp3) is 0.914. The van der Waals surface area contributed by atoms with E-state index in [0.717, 1.165) is 44.9 Å². The molecule has 3 N–H and O–H groups in total. The summed E-state index contributed by atoms with van der Waals surface area (Å²) in [5.74, 6) is -0.0510. The molecule has 0 heterocycles. The highest BCUT2D eigenvalue weighted by Gasteiger charge is 2.18. The van der Waals surface area contributed by atoms with Crippen molar-refractivity contribution in [3.05, 3.63) is 24.3 Å². The number of hydrogen-bond donors (Lipinski definition) is 3. The second kappa shape index (κ2) is 65.9. The number of amides is 1. The molecule has 0 bridgehead atoms. The maximum absolute atomic E-state index is 12.5. The summed E-state index contributed by atoms with van der Waals surface area (Å²) in [5.41, 5.74) is 0. The summed E-state index contributed by atoms with van der Waals surface area (Å²) in [6.07, 6.45) is 82.5. The van der Waals surface area contributed by atoms with E-state index >= 15 is 0 Å². The SMILES string of the molecule is CCCCCC/C=C\CCCCCCCC(=O)OCCCCCCCCCCCCCCCCCCCCCCCCCCCCCCCC(=O)NC(CO)C(O)/C=C/CCCCCCCCCCCCCCCCC. The van der Waals surface area contributed by atoms with Crippen molar-refractivity contribution in [3.63, 3.8) is 0 Å². The minimum Gasteiger partial charge on any atom is -0.466 e. The zero-order valence-electron chi connectivity index (χ0n) is 51.5. The number of allylic oxidation sites excluding steroid dienone is 3. The van der Waals surface area contributed by atoms with Gasteiger partial charge in [-0.25, -0.2) is 0 Å². The Morgan fingerprint density at radius 2 is 0.618 bits per heavy atom. The molecule has 0 aliphatic carbocycles. The average molecular weight is 1070 g/mol. The third-order valence-electron chi connectivity index (χ3n) is 16.2. The molecule has 0 aromatic heterocycles. The van der Waals surface area contributed by atoms with Crippen LogP contribution in [0.2, 0.25) is 0 Å². The van der Waals surface area contributed by atoms with E-state index in [0.29, 0.717) is 19.4 Å². The maximum atomic E-state index is 12.5. The van der Waals surface area contributed by atoms with Gasteiger partial charge in [-0.15, -0.1) is 0 Å². The lowest BCUT2D eigenvalue weighted by atomic mass is 10.0. The summed E-state index contributed by atoms with van der Waals surface area (Å²) in [4.78, 5) is 24.5. The highest BCUT2D eigenvalue weighted by atomic mass is 16.5. The zero-order valence-corrected chi connectivity index (χ0v) is 51.5. The van der Waals surface area contributed by atoms with Gasteiger partial charge in [0.25, 0.3) is 0 Å². The van der Waals surface area contributed by atoms with Gasteiger partial charge in [0, 0.05) is 12.8 Å². The standard InChI is InChI=1S/C70H135NO5/c1-3-5-7-9-11-13-15-17-18-32-35-39-42-46-50-54-58-62-68(73)67(66-72)71-69(74)63-59-55-51-47-43-40-36-33-30-28-26-24-22-20-19-21-23-25-27-29-31-34-37-41-45-49-53-57-61-65-76-70(75)64-60-56-52-48-44-38-16-14-12-10-8-6-4-2/h14,16,58,62,67-68,72-73H,3-13,15,17-57,59-61,63-66H2,1-2H3,(H,71,74)/b16-14-,62-58+.